The first-order valence-corrected chi connectivity index (χ1v) is 6.53. The van der Waals surface area contributed by atoms with Crippen molar-refractivity contribution in [3.05, 3.63) is 20.2 Å². The number of hydrogen-bond donors (Lipinski definition) is 0. The lowest BCUT2D eigenvalue weighted by Gasteiger charge is -2.29. The molecular weight excluding hydrogens is 340 g/mol. The van der Waals surface area contributed by atoms with Gasteiger partial charge in [0.15, 0.2) is 5.82 Å². The summed E-state index contributed by atoms with van der Waals surface area (Å²) in [6, 6.07) is 0. The highest BCUT2D eigenvalue weighted by atomic mass is 127. The van der Waals surface area contributed by atoms with Crippen LogP contribution in [0.5, 0.6) is 0 Å². The molecule has 1 aromatic rings. The van der Waals surface area contributed by atoms with Crippen LogP contribution in [0.25, 0.3) is 0 Å². The highest BCUT2D eigenvalue weighted by molar-refractivity contribution is 14.1. The first kappa shape index (κ1) is 12.5. The van der Waals surface area contributed by atoms with Gasteiger partial charge in [-0.25, -0.2) is 9.97 Å². The summed E-state index contributed by atoms with van der Waals surface area (Å²) in [5.74, 6) is 0.689. The standard InChI is InChI=1S/C10H13ClIN3O/c1-6-8(12)9(11)14-10(13-6)7-5-15(2)3-4-16-7/h7H,3-5H2,1-2H3. The molecule has 4 nitrogen and oxygen atoms in total. The van der Waals surface area contributed by atoms with E-state index >= 15 is 0 Å². The maximum absolute atomic E-state index is 6.05. The van der Waals surface area contributed by atoms with Crippen molar-refractivity contribution in [2.75, 3.05) is 26.7 Å². The van der Waals surface area contributed by atoms with Crippen molar-refractivity contribution in [1.82, 2.24) is 14.9 Å². The van der Waals surface area contributed by atoms with Crippen LogP contribution < -0.4 is 0 Å². The SMILES string of the molecule is Cc1nc(C2CN(C)CCO2)nc(Cl)c1I. The molecule has 0 aromatic carbocycles. The van der Waals surface area contributed by atoms with Gasteiger partial charge >= 0.3 is 0 Å². The molecule has 88 valence electrons. The summed E-state index contributed by atoms with van der Waals surface area (Å²) in [5.41, 5.74) is 0.910. The number of hydrogen-bond acceptors (Lipinski definition) is 4. The number of ether oxygens (including phenoxy) is 1. The summed E-state index contributed by atoms with van der Waals surface area (Å²) in [6.45, 7) is 4.42. The molecule has 2 heterocycles. The summed E-state index contributed by atoms with van der Waals surface area (Å²) in [7, 11) is 2.07. The average Bonchev–Trinajstić information content (AvgIpc) is 2.25. The summed E-state index contributed by atoms with van der Waals surface area (Å²) in [6.07, 6.45) is -0.0630. The third kappa shape index (κ3) is 2.64. The molecular formula is C10H13ClIN3O. The van der Waals surface area contributed by atoms with E-state index in [0.717, 1.165) is 22.4 Å². The zero-order valence-corrected chi connectivity index (χ0v) is 12.1. The van der Waals surface area contributed by atoms with Crippen LogP contribution in [0, 0.1) is 10.5 Å². The lowest BCUT2D eigenvalue weighted by Crippen LogP contribution is -2.36. The number of morpholine rings is 1. The molecule has 1 atom stereocenters. The zero-order chi connectivity index (χ0) is 11.7. The third-order valence-corrected chi connectivity index (χ3v) is 4.44. The fraction of sp³-hybridized carbons (Fsp3) is 0.600. The van der Waals surface area contributed by atoms with Crippen LogP contribution in [-0.2, 0) is 4.74 Å². The molecule has 0 saturated carbocycles. The van der Waals surface area contributed by atoms with Gasteiger partial charge in [-0.2, -0.15) is 0 Å². The van der Waals surface area contributed by atoms with Crippen LogP contribution in [0.3, 0.4) is 0 Å². The van der Waals surface area contributed by atoms with E-state index in [-0.39, 0.29) is 6.10 Å². The van der Waals surface area contributed by atoms with Crippen molar-refractivity contribution < 1.29 is 4.74 Å². The Balaban J connectivity index is 2.26. The molecule has 0 aliphatic carbocycles. The van der Waals surface area contributed by atoms with Crippen molar-refractivity contribution >= 4 is 34.2 Å². The predicted octanol–water partition coefficient (Wildman–Crippen LogP) is 2.05. The van der Waals surface area contributed by atoms with Crippen LogP contribution >= 0.6 is 34.2 Å². The van der Waals surface area contributed by atoms with Gasteiger partial charge in [-0.15, -0.1) is 0 Å². The van der Waals surface area contributed by atoms with E-state index in [2.05, 4.69) is 44.5 Å². The highest BCUT2D eigenvalue weighted by Gasteiger charge is 2.23. The predicted molar refractivity (Wildman–Crippen MR) is 70.7 cm³/mol. The summed E-state index contributed by atoms with van der Waals surface area (Å²) in [5, 5.41) is 0.514. The second kappa shape index (κ2) is 5.12. The average molecular weight is 354 g/mol. The van der Waals surface area contributed by atoms with Gasteiger partial charge in [0.25, 0.3) is 0 Å². The molecule has 0 spiro atoms. The van der Waals surface area contributed by atoms with E-state index in [1.165, 1.54) is 0 Å². The van der Waals surface area contributed by atoms with E-state index < -0.39 is 0 Å². The molecule has 1 aromatic heterocycles. The van der Waals surface area contributed by atoms with Crippen LogP contribution in [0.2, 0.25) is 5.15 Å². The first-order valence-electron chi connectivity index (χ1n) is 5.07. The summed E-state index contributed by atoms with van der Waals surface area (Å²) >= 11 is 8.20. The molecule has 6 heteroatoms. The smallest absolute Gasteiger partial charge is 0.160 e. The monoisotopic (exact) mass is 353 g/mol. The van der Waals surface area contributed by atoms with E-state index in [0.29, 0.717) is 17.6 Å². The minimum atomic E-state index is -0.0630. The molecule has 1 fully saturated rings. The zero-order valence-electron chi connectivity index (χ0n) is 9.20. The highest BCUT2D eigenvalue weighted by Crippen LogP contribution is 2.24. The molecule has 1 unspecified atom stereocenters. The number of aromatic nitrogens is 2. The molecule has 0 amide bonds. The van der Waals surface area contributed by atoms with Crippen LogP contribution in [-0.4, -0.2) is 41.6 Å². The first-order chi connectivity index (χ1) is 7.58. The lowest BCUT2D eigenvalue weighted by atomic mass is 10.2. The van der Waals surface area contributed by atoms with E-state index in [9.17, 15) is 0 Å². The van der Waals surface area contributed by atoms with Gasteiger partial charge in [0, 0.05) is 13.1 Å². The largest absolute Gasteiger partial charge is 0.368 e. The molecule has 1 aliphatic heterocycles. The number of likely N-dealkylation sites (N-methyl/N-ethyl adjacent to an activating group) is 1. The van der Waals surface area contributed by atoms with Gasteiger partial charge in [-0.1, -0.05) is 11.6 Å². The van der Waals surface area contributed by atoms with E-state index in [4.69, 9.17) is 16.3 Å². The van der Waals surface area contributed by atoms with Crippen LogP contribution in [0.1, 0.15) is 17.6 Å². The van der Waals surface area contributed by atoms with Gasteiger partial charge < -0.3 is 9.64 Å². The topological polar surface area (TPSA) is 38.2 Å². The molecule has 1 aliphatic rings. The Morgan fingerprint density at radius 2 is 2.25 bits per heavy atom. The third-order valence-electron chi connectivity index (χ3n) is 2.55. The van der Waals surface area contributed by atoms with Crippen LogP contribution in [0.15, 0.2) is 0 Å². The van der Waals surface area contributed by atoms with Gasteiger partial charge in [-0.05, 0) is 36.6 Å². The second-order valence-corrected chi connectivity index (χ2v) is 5.33. The van der Waals surface area contributed by atoms with Gasteiger partial charge in [-0.3, -0.25) is 0 Å². The molecule has 16 heavy (non-hydrogen) atoms. The van der Waals surface area contributed by atoms with E-state index in [1.807, 2.05) is 6.92 Å². The Bertz CT molecular complexity index is 379. The minimum Gasteiger partial charge on any atom is -0.368 e. The molecule has 0 N–H and O–H groups in total. The lowest BCUT2D eigenvalue weighted by molar-refractivity contribution is -0.0255. The Labute approximate surface area is 113 Å². The van der Waals surface area contributed by atoms with E-state index in [1.54, 1.807) is 0 Å². The van der Waals surface area contributed by atoms with Crippen LogP contribution in [0.4, 0.5) is 0 Å². The van der Waals surface area contributed by atoms with Gasteiger partial charge in [0.1, 0.15) is 11.3 Å². The number of aryl methyl sites for hydroxylation is 1. The van der Waals surface area contributed by atoms with Crippen molar-refractivity contribution in [2.24, 2.45) is 0 Å². The van der Waals surface area contributed by atoms with Gasteiger partial charge in [0.05, 0.1) is 15.9 Å². The molecule has 0 bridgehead atoms. The summed E-state index contributed by atoms with van der Waals surface area (Å²) in [4.78, 5) is 10.9. The van der Waals surface area contributed by atoms with Crippen molar-refractivity contribution in [2.45, 2.75) is 13.0 Å². The van der Waals surface area contributed by atoms with Crippen molar-refractivity contribution in [1.29, 1.82) is 0 Å². The van der Waals surface area contributed by atoms with Gasteiger partial charge in [0.2, 0.25) is 0 Å². The second-order valence-electron chi connectivity index (χ2n) is 3.89. The van der Waals surface area contributed by atoms with Crippen molar-refractivity contribution in [3.63, 3.8) is 0 Å². The molecule has 2 rings (SSSR count). The maximum atomic E-state index is 6.05. The Kier molecular flexibility index (Phi) is 3.99. The summed E-state index contributed by atoms with van der Waals surface area (Å²) < 4.78 is 6.57. The normalized spacial score (nSPS) is 22.4. The maximum Gasteiger partial charge on any atom is 0.160 e. The quantitative estimate of drug-likeness (QED) is 0.572. The van der Waals surface area contributed by atoms with Crippen molar-refractivity contribution in [3.8, 4) is 0 Å². The number of nitrogens with zero attached hydrogens (tertiary/aromatic N) is 3. The Morgan fingerprint density at radius 1 is 1.50 bits per heavy atom. The fourth-order valence-corrected chi connectivity index (χ4v) is 2.09. The Morgan fingerprint density at radius 3 is 2.88 bits per heavy atom. The number of rotatable bonds is 1. The molecule has 0 radical (unpaired) electrons. The minimum absolute atomic E-state index is 0.0630. The Hall–Kier alpha value is 0.0200. The fourth-order valence-electron chi connectivity index (χ4n) is 1.62. The number of halogens is 2. The molecule has 1 saturated heterocycles.